The van der Waals surface area contributed by atoms with E-state index < -0.39 is 41.3 Å². The number of hydrogen-bond acceptors (Lipinski definition) is 10. The fraction of sp³-hybridized carbons (Fsp3) is 0.391. The van der Waals surface area contributed by atoms with Crippen LogP contribution in [0.4, 0.5) is 11.4 Å². The highest BCUT2D eigenvalue weighted by atomic mass is 16.6. The molecule has 0 radical (unpaired) electrons. The lowest BCUT2D eigenvalue weighted by molar-refractivity contribution is -0.385. The van der Waals surface area contributed by atoms with E-state index in [0.29, 0.717) is 5.56 Å². The predicted octanol–water partition coefficient (Wildman–Crippen LogP) is 2.28. The first kappa shape index (κ1) is 27.0. The lowest BCUT2D eigenvalue weighted by Crippen LogP contribution is -2.39. The zero-order valence-electron chi connectivity index (χ0n) is 20.1. The Balaban J connectivity index is 2.26. The molecule has 0 unspecified atom stereocenters. The van der Waals surface area contributed by atoms with Gasteiger partial charge in [0.05, 0.1) is 29.3 Å². The van der Waals surface area contributed by atoms with Crippen molar-refractivity contribution in [2.75, 3.05) is 25.1 Å². The number of benzene rings is 1. The number of nitro groups is 1. The number of aryl methyl sites for hydroxylation is 1. The molecular formula is C23H27N3O9. The van der Waals surface area contributed by atoms with Crippen LogP contribution in [0, 0.1) is 23.0 Å². The number of carbonyl (C=O) groups is 4. The Morgan fingerprint density at radius 1 is 0.971 bits per heavy atom. The highest BCUT2D eigenvalue weighted by molar-refractivity contribution is 6.06. The van der Waals surface area contributed by atoms with Crippen LogP contribution in [0.5, 0.6) is 0 Å². The predicted molar refractivity (Wildman–Crippen MR) is 123 cm³/mol. The summed E-state index contributed by atoms with van der Waals surface area (Å²) in [5.41, 5.74) is 0.650. The molecule has 0 saturated heterocycles. The molecule has 188 valence electrons. The lowest BCUT2D eigenvalue weighted by atomic mass is 9.85. The van der Waals surface area contributed by atoms with Gasteiger partial charge in [-0.15, -0.1) is 0 Å². The molecule has 0 aromatic heterocycles. The minimum absolute atomic E-state index is 0.0277. The Kier molecular flexibility index (Phi) is 9.09. The van der Waals surface area contributed by atoms with E-state index in [1.807, 2.05) is 0 Å². The summed E-state index contributed by atoms with van der Waals surface area (Å²) < 4.78 is 15.2. The van der Waals surface area contributed by atoms with Crippen molar-refractivity contribution in [2.24, 2.45) is 5.92 Å². The first-order valence-corrected chi connectivity index (χ1v) is 10.8. The number of rotatable bonds is 9. The smallest absolute Gasteiger partial charge is 0.337 e. The standard InChI is InChI=1S/C23H27N3O9/c1-6-33-21(28)18-13(4)24-14(5)19(22(29)34-7-2)20(18)23(30)35-11-17(27)25-15-9-8-12(3)16(10-15)26(31)32/h8-10,20,24H,6-7,11H2,1-5H3,(H,25,27). The number of allylic oxidation sites excluding steroid dienone is 2. The van der Waals surface area contributed by atoms with E-state index in [1.165, 1.54) is 32.0 Å². The molecule has 35 heavy (non-hydrogen) atoms. The molecule has 1 aromatic rings. The number of nitro benzene ring substituents is 1. The largest absolute Gasteiger partial charge is 0.463 e. The Morgan fingerprint density at radius 3 is 2.00 bits per heavy atom. The van der Waals surface area contributed by atoms with E-state index >= 15 is 0 Å². The maximum atomic E-state index is 13.1. The van der Waals surface area contributed by atoms with Crippen molar-refractivity contribution in [1.82, 2.24) is 5.32 Å². The summed E-state index contributed by atoms with van der Waals surface area (Å²) >= 11 is 0. The van der Waals surface area contributed by atoms with Crippen LogP contribution in [0.2, 0.25) is 0 Å². The van der Waals surface area contributed by atoms with Crippen molar-refractivity contribution in [1.29, 1.82) is 0 Å². The minimum atomic E-state index is -1.48. The number of dihydropyridines is 1. The fourth-order valence-electron chi connectivity index (χ4n) is 3.49. The van der Waals surface area contributed by atoms with Gasteiger partial charge in [-0.2, -0.15) is 0 Å². The Hall–Kier alpha value is -4.22. The summed E-state index contributed by atoms with van der Waals surface area (Å²) in [7, 11) is 0. The first-order valence-electron chi connectivity index (χ1n) is 10.8. The molecule has 1 amide bonds. The summed E-state index contributed by atoms with van der Waals surface area (Å²) in [5.74, 6) is -4.96. The molecule has 12 heteroatoms. The van der Waals surface area contributed by atoms with E-state index in [4.69, 9.17) is 14.2 Å². The molecule has 0 bridgehead atoms. The number of carbonyl (C=O) groups excluding carboxylic acids is 4. The molecule has 2 rings (SSSR count). The van der Waals surface area contributed by atoms with Crippen LogP contribution in [0.15, 0.2) is 40.7 Å². The van der Waals surface area contributed by atoms with Crippen LogP contribution in [0.25, 0.3) is 0 Å². The summed E-state index contributed by atoms with van der Waals surface area (Å²) in [6.45, 7) is 7.09. The van der Waals surface area contributed by atoms with Gasteiger partial charge in [0.25, 0.3) is 11.6 Å². The molecule has 12 nitrogen and oxygen atoms in total. The first-order chi connectivity index (χ1) is 16.5. The Labute approximate surface area is 201 Å². The minimum Gasteiger partial charge on any atom is -0.463 e. The zero-order chi connectivity index (χ0) is 26.3. The van der Waals surface area contributed by atoms with Crippen molar-refractivity contribution < 1.29 is 38.3 Å². The molecule has 1 heterocycles. The van der Waals surface area contributed by atoms with Crippen molar-refractivity contribution in [3.8, 4) is 0 Å². The summed E-state index contributed by atoms with van der Waals surface area (Å²) in [5, 5.41) is 16.4. The number of ether oxygens (including phenoxy) is 3. The molecule has 1 aliphatic rings. The van der Waals surface area contributed by atoms with Gasteiger partial charge in [-0.25, -0.2) is 9.59 Å². The van der Waals surface area contributed by atoms with E-state index in [-0.39, 0.29) is 47.1 Å². The zero-order valence-corrected chi connectivity index (χ0v) is 20.1. The number of nitrogens with one attached hydrogen (secondary N) is 2. The van der Waals surface area contributed by atoms with Gasteiger partial charge in [0.1, 0.15) is 5.92 Å². The summed E-state index contributed by atoms with van der Waals surface area (Å²) in [6.07, 6.45) is 0. The number of nitrogens with zero attached hydrogens (tertiary/aromatic N) is 1. The van der Waals surface area contributed by atoms with Gasteiger partial charge in [0, 0.05) is 28.7 Å². The summed E-state index contributed by atoms with van der Waals surface area (Å²) in [4.78, 5) is 61.2. The topological polar surface area (TPSA) is 163 Å². The SMILES string of the molecule is CCOC(=O)C1=C(C)NC(C)=C(C(=O)OCC)C1C(=O)OCC(=O)Nc1ccc(C)c([N+](=O)[O-])c1. The van der Waals surface area contributed by atoms with Crippen molar-refractivity contribution >= 4 is 35.2 Å². The highest BCUT2D eigenvalue weighted by Crippen LogP contribution is 2.32. The quantitative estimate of drug-likeness (QED) is 0.228. The molecule has 0 saturated carbocycles. The molecule has 0 spiro atoms. The van der Waals surface area contributed by atoms with Crippen molar-refractivity contribution in [3.63, 3.8) is 0 Å². The number of anilines is 1. The third-order valence-electron chi connectivity index (χ3n) is 5.02. The van der Waals surface area contributed by atoms with Crippen molar-refractivity contribution in [3.05, 3.63) is 56.4 Å². The highest BCUT2D eigenvalue weighted by Gasteiger charge is 2.42. The lowest BCUT2D eigenvalue weighted by Gasteiger charge is -2.28. The van der Waals surface area contributed by atoms with E-state index in [9.17, 15) is 29.3 Å². The van der Waals surface area contributed by atoms with Crippen LogP contribution >= 0.6 is 0 Å². The summed E-state index contributed by atoms with van der Waals surface area (Å²) in [6, 6.07) is 4.11. The van der Waals surface area contributed by atoms with Gasteiger partial charge < -0.3 is 24.8 Å². The van der Waals surface area contributed by atoms with Gasteiger partial charge >= 0.3 is 17.9 Å². The Morgan fingerprint density at radius 2 is 1.51 bits per heavy atom. The van der Waals surface area contributed by atoms with Crippen LogP contribution < -0.4 is 10.6 Å². The Bertz CT molecular complexity index is 1080. The number of amides is 1. The second kappa shape index (κ2) is 11.8. The average molecular weight is 489 g/mol. The van der Waals surface area contributed by atoms with E-state index in [1.54, 1.807) is 20.8 Å². The van der Waals surface area contributed by atoms with E-state index in [0.717, 1.165) is 0 Å². The molecule has 1 aromatic carbocycles. The molecule has 0 atom stereocenters. The van der Waals surface area contributed by atoms with Crippen LogP contribution in [0.1, 0.15) is 33.3 Å². The van der Waals surface area contributed by atoms with Crippen LogP contribution in [-0.2, 0) is 33.4 Å². The van der Waals surface area contributed by atoms with Gasteiger partial charge in [-0.05, 0) is 40.7 Å². The van der Waals surface area contributed by atoms with Gasteiger partial charge in [-0.1, -0.05) is 6.07 Å². The fourth-order valence-corrected chi connectivity index (χ4v) is 3.49. The van der Waals surface area contributed by atoms with Gasteiger partial charge in [-0.3, -0.25) is 19.7 Å². The molecule has 0 aliphatic carbocycles. The van der Waals surface area contributed by atoms with Crippen LogP contribution in [0.3, 0.4) is 0 Å². The third-order valence-corrected chi connectivity index (χ3v) is 5.02. The van der Waals surface area contributed by atoms with Gasteiger partial charge in [0.15, 0.2) is 6.61 Å². The maximum absolute atomic E-state index is 13.1. The van der Waals surface area contributed by atoms with Crippen molar-refractivity contribution in [2.45, 2.75) is 34.6 Å². The second-order valence-electron chi connectivity index (χ2n) is 7.49. The van der Waals surface area contributed by atoms with Gasteiger partial charge in [0.2, 0.25) is 0 Å². The second-order valence-corrected chi connectivity index (χ2v) is 7.49. The normalized spacial score (nSPS) is 13.6. The molecule has 0 fully saturated rings. The molecule has 2 N–H and O–H groups in total. The van der Waals surface area contributed by atoms with E-state index in [2.05, 4.69) is 10.6 Å². The third kappa shape index (κ3) is 6.43. The molecular weight excluding hydrogens is 462 g/mol. The monoisotopic (exact) mass is 489 g/mol. The number of hydrogen-bond donors (Lipinski definition) is 2. The average Bonchev–Trinajstić information content (AvgIpc) is 2.78. The maximum Gasteiger partial charge on any atom is 0.337 e. The molecule has 1 aliphatic heterocycles. The number of esters is 3. The van der Waals surface area contributed by atoms with Crippen LogP contribution in [-0.4, -0.2) is 48.6 Å².